The molecule has 0 spiro atoms. The van der Waals surface area contributed by atoms with E-state index in [9.17, 15) is 14.9 Å². The minimum Gasteiger partial charge on any atom is -0.494 e. The van der Waals surface area contributed by atoms with Crippen molar-refractivity contribution < 1.29 is 19.6 Å². The molecule has 18 heavy (non-hydrogen) atoms. The second-order valence-electron chi connectivity index (χ2n) is 4.05. The molecule has 1 aromatic carbocycles. The lowest BCUT2D eigenvalue weighted by Gasteiger charge is -2.11. The first-order chi connectivity index (χ1) is 8.52. The summed E-state index contributed by atoms with van der Waals surface area (Å²) < 4.78 is 5.03. The third kappa shape index (κ3) is 2.34. The highest BCUT2D eigenvalue weighted by Crippen LogP contribution is 2.39. The number of carboxylic acid groups (broad SMARTS) is 1. The molecule has 0 unspecified atom stereocenters. The first-order valence-corrected chi connectivity index (χ1v) is 5.39. The Bertz CT molecular complexity index is 510. The molecule has 2 N–H and O–H groups in total. The molecule has 0 aliphatic heterocycles. The average molecular weight is 252 g/mol. The highest BCUT2D eigenvalue weighted by molar-refractivity contribution is 5.91. The van der Waals surface area contributed by atoms with Crippen molar-refractivity contribution in [2.24, 2.45) is 0 Å². The number of carboxylic acids is 1. The fourth-order valence-corrected chi connectivity index (χ4v) is 1.61. The van der Waals surface area contributed by atoms with E-state index in [4.69, 9.17) is 9.84 Å². The van der Waals surface area contributed by atoms with Crippen LogP contribution in [-0.2, 0) is 0 Å². The Balaban J connectivity index is 2.52. The number of hydrogen-bond acceptors (Lipinski definition) is 5. The predicted octanol–water partition coefficient (Wildman–Crippen LogP) is 1.88. The molecule has 0 bridgehead atoms. The van der Waals surface area contributed by atoms with E-state index >= 15 is 0 Å². The summed E-state index contributed by atoms with van der Waals surface area (Å²) in [6.07, 6.45) is 1.89. The van der Waals surface area contributed by atoms with Gasteiger partial charge in [0.15, 0.2) is 5.69 Å². The Hall–Kier alpha value is -2.31. The quantitative estimate of drug-likeness (QED) is 0.612. The van der Waals surface area contributed by atoms with Crippen LogP contribution in [0, 0.1) is 10.1 Å². The van der Waals surface area contributed by atoms with Crippen LogP contribution >= 0.6 is 0 Å². The summed E-state index contributed by atoms with van der Waals surface area (Å²) in [7, 11) is 1.35. The Morgan fingerprint density at radius 1 is 1.56 bits per heavy atom. The number of aromatic carboxylic acids is 1. The minimum absolute atomic E-state index is 0.167. The number of nitro groups is 1. The Kier molecular flexibility index (Phi) is 3.05. The molecule has 2 rings (SSSR count). The van der Waals surface area contributed by atoms with Crippen LogP contribution in [0.2, 0.25) is 0 Å². The van der Waals surface area contributed by atoms with E-state index in [0.29, 0.717) is 0 Å². The van der Waals surface area contributed by atoms with Crippen LogP contribution in [-0.4, -0.2) is 29.2 Å². The molecule has 7 heteroatoms. The number of methoxy groups -OCH3 is 1. The largest absolute Gasteiger partial charge is 0.494 e. The van der Waals surface area contributed by atoms with Gasteiger partial charge in [-0.1, -0.05) is 0 Å². The van der Waals surface area contributed by atoms with E-state index in [2.05, 4.69) is 5.32 Å². The lowest BCUT2D eigenvalue weighted by atomic mass is 10.1. The minimum atomic E-state index is -1.23. The smallest absolute Gasteiger partial charge is 0.336 e. The van der Waals surface area contributed by atoms with Gasteiger partial charge in [0.05, 0.1) is 17.6 Å². The van der Waals surface area contributed by atoms with Crippen LogP contribution in [0.3, 0.4) is 0 Å². The zero-order valence-corrected chi connectivity index (χ0v) is 9.67. The third-order valence-corrected chi connectivity index (χ3v) is 2.67. The van der Waals surface area contributed by atoms with Gasteiger partial charge in [0.2, 0.25) is 0 Å². The molecule has 1 saturated carbocycles. The van der Waals surface area contributed by atoms with Crippen LogP contribution in [0.1, 0.15) is 23.2 Å². The molecule has 1 fully saturated rings. The number of nitro benzene ring substituents is 1. The van der Waals surface area contributed by atoms with E-state index in [0.717, 1.165) is 18.9 Å². The molecule has 7 nitrogen and oxygen atoms in total. The van der Waals surface area contributed by atoms with Crippen LogP contribution in [0.5, 0.6) is 5.75 Å². The first-order valence-electron chi connectivity index (χ1n) is 5.39. The summed E-state index contributed by atoms with van der Waals surface area (Å²) in [6.45, 7) is 0. The normalized spacial score (nSPS) is 14.1. The second-order valence-corrected chi connectivity index (χ2v) is 4.05. The topological polar surface area (TPSA) is 102 Å². The maximum absolute atomic E-state index is 11.0. The van der Waals surface area contributed by atoms with Gasteiger partial charge in [-0.2, -0.15) is 0 Å². The standard InChI is InChI=1S/C11H12N2O5/c1-18-9-5-6(11(14)15)4-8(13(16)17)10(9)12-7-2-3-7/h4-5,7,12H,2-3H2,1H3,(H,14,15). The molecule has 1 aliphatic rings. The van der Waals surface area contributed by atoms with Crippen molar-refractivity contribution in [2.75, 3.05) is 12.4 Å². The number of anilines is 1. The summed E-state index contributed by atoms with van der Waals surface area (Å²) in [5.41, 5.74) is -0.200. The van der Waals surface area contributed by atoms with Crippen molar-refractivity contribution >= 4 is 17.3 Å². The number of nitrogens with zero attached hydrogens (tertiary/aromatic N) is 1. The second kappa shape index (κ2) is 4.52. The number of hydrogen-bond donors (Lipinski definition) is 2. The molecular weight excluding hydrogens is 240 g/mol. The molecule has 0 heterocycles. The number of ether oxygens (including phenoxy) is 1. The predicted molar refractivity (Wildman–Crippen MR) is 63.3 cm³/mol. The summed E-state index contributed by atoms with van der Waals surface area (Å²) in [5, 5.41) is 22.9. The van der Waals surface area contributed by atoms with Crippen molar-refractivity contribution in [3.8, 4) is 5.75 Å². The van der Waals surface area contributed by atoms with Gasteiger partial charge in [-0.3, -0.25) is 10.1 Å². The highest BCUT2D eigenvalue weighted by Gasteiger charge is 2.28. The Labute approximate surface area is 103 Å². The van der Waals surface area contributed by atoms with E-state index < -0.39 is 10.9 Å². The molecule has 96 valence electrons. The molecule has 0 aromatic heterocycles. The molecule has 1 aliphatic carbocycles. The zero-order chi connectivity index (χ0) is 13.3. The van der Waals surface area contributed by atoms with Gasteiger partial charge in [-0.15, -0.1) is 0 Å². The molecule has 0 amide bonds. The van der Waals surface area contributed by atoms with Crippen molar-refractivity contribution in [1.82, 2.24) is 0 Å². The summed E-state index contributed by atoms with van der Waals surface area (Å²) in [6, 6.07) is 2.52. The Morgan fingerprint density at radius 2 is 2.22 bits per heavy atom. The van der Waals surface area contributed by atoms with E-state index in [-0.39, 0.29) is 28.7 Å². The number of benzene rings is 1. The fraction of sp³-hybridized carbons (Fsp3) is 0.364. The van der Waals surface area contributed by atoms with Gasteiger partial charge in [0.1, 0.15) is 5.75 Å². The SMILES string of the molecule is COc1cc(C(=O)O)cc([N+](=O)[O-])c1NC1CC1. The van der Waals surface area contributed by atoms with Crippen LogP contribution in [0.15, 0.2) is 12.1 Å². The average Bonchev–Trinajstić information content (AvgIpc) is 3.12. The van der Waals surface area contributed by atoms with Crippen LogP contribution in [0.4, 0.5) is 11.4 Å². The summed E-state index contributed by atoms with van der Waals surface area (Å²) >= 11 is 0. The molecule has 0 atom stereocenters. The van der Waals surface area contributed by atoms with Gasteiger partial charge in [-0.25, -0.2) is 4.79 Å². The van der Waals surface area contributed by atoms with E-state index in [1.165, 1.54) is 13.2 Å². The number of nitrogens with one attached hydrogen (secondary N) is 1. The van der Waals surface area contributed by atoms with Crippen molar-refractivity contribution in [1.29, 1.82) is 0 Å². The van der Waals surface area contributed by atoms with E-state index in [1.807, 2.05) is 0 Å². The molecule has 1 aromatic rings. The van der Waals surface area contributed by atoms with Gasteiger partial charge in [0.25, 0.3) is 5.69 Å². The van der Waals surface area contributed by atoms with Gasteiger partial charge >= 0.3 is 5.97 Å². The number of carbonyl (C=O) groups is 1. The first kappa shape index (κ1) is 12.2. The van der Waals surface area contributed by atoms with Gasteiger partial charge in [-0.05, 0) is 18.9 Å². The molecule has 0 saturated heterocycles. The van der Waals surface area contributed by atoms with E-state index in [1.54, 1.807) is 0 Å². The lowest BCUT2D eigenvalue weighted by Crippen LogP contribution is -2.08. The van der Waals surface area contributed by atoms with Gasteiger partial charge < -0.3 is 15.2 Å². The summed E-state index contributed by atoms with van der Waals surface area (Å²) in [5.74, 6) is -1.05. The van der Waals surface area contributed by atoms with Crippen LogP contribution in [0.25, 0.3) is 0 Å². The van der Waals surface area contributed by atoms with Crippen molar-refractivity contribution in [3.63, 3.8) is 0 Å². The maximum Gasteiger partial charge on any atom is 0.336 e. The third-order valence-electron chi connectivity index (χ3n) is 2.67. The Morgan fingerprint density at radius 3 is 2.67 bits per heavy atom. The fourth-order valence-electron chi connectivity index (χ4n) is 1.61. The molecular formula is C11H12N2O5. The van der Waals surface area contributed by atoms with Crippen molar-refractivity contribution in [3.05, 3.63) is 27.8 Å². The summed E-state index contributed by atoms with van der Waals surface area (Å²) in [4.78, 5) is 21.3. The van der Waals surface area contributed by atoms with Crippen LogP contribution < -0.4 is 10.1 Å². The lowest BCUT2D eigenvalue weighted by molar-refractivity contribution is -0.384. The van der Waals surface area contributed by atoms with Crippen molar-refractivity contribution in [2.45, 2.75) is 18.9 Å². The highest BCUT2D eigenvalue weighted by atomic mass is 16.6. The van der Waals surface area contributed by atoms with Gasteiger partial charge in [0, 0.05) is 12.1 Å². The zero-order valence-electron chi connectivity index (χ0n) is 9.67. The monoisotopic (exact) mass is 252 g/mol. The maximum atomic E-state index is 11.0. The number of rotatable bonds is 5. The molecule has 0 radical (unpaired) electrons.